The molecular formula is C13H28N2+2. The summed E-state index contributed by atoms with van der Waals surface area (Å²) in [6.45, 7) is 0. The van der Waals surface area contributed by atoms with Gasteiger partial charge in [0.1, 0.15) is 0 Å². The maximum Gasteiger partial charge on any atom is 0.213 e. The molecule has 2 saturated carbocycles. The first-order valence-corrected chi connectivity index (χ1v) is 7.04. The SMILES string of the molecule is C[NH2+][C@H]([NH2+]C1CCCC1)C1CCCCC1. The van der Waals surface area contributed by atoms with E-state index in [0.29, 0.717) is 0 Å². The van der Waals surface area contributed by atoms with Crippen LogP contribution in [0.15, 0.2) is 0 Å². The summed E-state index contributed by atoms with van der Waals surface area (Å²) in [7, 11) is 2.27. The smallest absolute Gasteiger partial charge is 0.213 e. The van der Waals surface area contributed by atoms with Crippen molar-refractivity contribution in [2.75, 3.05) is 7.05 Å². The lowest BCUT2D eigenvalue weighted by atomic mass is 9.86. The van der Waals surface area contributed by atoms with Crippen LogP contribution < -0.4 is 10.6 Å². The Kier molecular flexibility index (Phi) is 4.45. The average Bonchev–Trinajstić information content (AvgIpc) is 2.80. The molecule has 2 rings (SSSR count). The van der Waals surface area contributed by atoms with E-state index >= 15 is 0 Å². The molecule has 2 heteroatoms. The Hall–Kier alpha value is -0.0800. The number of rotatable bonds is 4. The minimum Gasteiger partial charge on any atom is -0.300 e. The molecule has 0 bridgehead atoms. The number of hydrogen-bond donors (Lipinski definition) is 2. The van der Waals surface area contributed by atoms with E-state index in [1.165, 1.54) is 57.8 Å². The van der Waals surface area contributed by atoms with E-state index in [1.54, 1.807) is 0 Å². The van der Waals surface area contributed by atoms with Crippen molar-refractivity contribution < 1.29 is 10.6 Å². The fourth-order valence-electron chi connectivity index (χ4n) is 3.52. The third-order valence-corrected chi connectivity index (χ3v) is 4.47. The van der Waals surface area contributed by atoms with Gasteiger partial charge in [-0.3, -0.25) is 10.6 Å². The number of nitrogens with two attached hydrogens (primary N) is 2. The van der Waals surface area contributed by atoms with E-state index < -0.39 is 0 Å². The summed E-state index contributed by atoms with van der Waals surface area (Å²) in [5.41, 5.74) is 0. The Bertz CT molecular complexity index is 169. The quantitative estimate of drug-likeness (QED) is 0.640. The molecule has 0 heterocycles. The van der Waals surface area contributed by atoms with Crippen molar-refractivity contribution in [3.05, 3.63) is 0 Å². The van der Waals surface area contributed by atoms with Gasteiger partial charge in [0.25, 0.3) is 0 Å². The van der Waals surface area contributed by atoms with Gasteiger partial charge in [-0.25, -0.2) is 0 Å². The number of quaternary nitrogens is 2. The molecule has 2 aliphatic carbocycles. The van der Waals surface area contributed by atoms with Crippen LogP contribution >= 0.6 is 0 Å². The van der Waals surface area contributed by atoms with E-state index in [4.69, 9.17) is 0 Å². The molecule has 15 heavy (non-hydrogen) atoms. The van der Waals surface area contributed by atoms with Gasteiger partial charge in [0.2, 0.25) is 6.17 Å². The molecule has 88 valence electrons. The van der Waals surface area contributed by atoms with E-state index in [9.17, 15) is 0 Å². The van der Waals surface area contributed by atoms with Crippen LogP contribution in [0.1, 0.15) is 57.8 Å². The van der Waals surface area contributed by atoms with Gasteiger partial charge in [-0.1, -0.05) is 19.3 Å². The first-order valence-electron chi connectivity index (χ1n) is 7.04. The standard InChI is InChI=1S/C13H26N2/c1-14-13(11-7-3-2-4-8-11)15-12-9-5-6-10-12/h11-15H,2-10H2,1H3/p+2/t13-/m1/s1. The zero-order valence-corrected chi connectivity index (χ0v) is 10.3. The second-order valence-corrected chi connectivity index (χ2v) is 5.55. The Balaban J connectivity index is 1.79. The fraction of sp³-hybridized carbons (Fsp3) is 1.00. The molecule has 0 saturated heterocycles. The van der Waals surface area contributed by atoms with Crippen molar-refractivity contribution in [2.45, 2.75) is 70.0 Å². The lowest BCUT2D eigenvalue weighted by Crippen LogP contribution is -3.14. The summed E-state index contributed by atoms with van der Waals surface area (Å²) in [5, 5.41) is 5.16. The van der Waals surface area contributed by atoms with Crippen LogP contribution in [0.25, 0.3) is 0 Å². The summed E-state index contributed by atoms with van der Waals surface area (Å²) < 4.78 is 0. The zero-order chi connectivity index (χ0) is 10.5. The monoisotopic (exact) mass is 212 g/mol. The zero-order valence-electron chi connectivity index (χ0n) is 10.3. The summed E-state index contributed by atoms with van der Waals surface area (Å²) in [6, 6.07) is 0.952. The van der Waals surface area contributed by atoms with Crippen molar-refractivity contribution in [2.24, 2.45) is 5.92 Å². The molecule has 2 fully saturated rings. The minimum absolute atomic E-state index is 0.827. The van der Waals surface area contributed by atoms with Crippen LogP contribution in [0, 0.1) is 5.92 Å². The summed E-state index contributed by atoms with van der Waals surface area (Å²) in [5.74, 6) is 0.990. The van der Waals surface area contributed by atoms with Crippen LogP contribution in [-0.4, -0.2) is 19.3 Å². The molecule has 0 radical (unpaired) electrons. The number of hydrogen-bond acceptors (Lipinski definition) is 0. The molecule has 0 amide bonds. The minimum atomic E-state index is 0.827. The van der Waals surface area contributed by atoms with Crippen LogP contribution in [0.5, 0.6) is 0 Å². The van der Waals surface area contributed by atoms with Gasteiger partial charge in [0, 0.05) is 0 Å². The molecule has 0 aromatic carbocycles. The Morgan fingerprint density at radius 2 is 1.47 bits per heavy atom. The Morgan fingerprint density at radius 1 is 0.867 bits per heavy atom. The van der Waals surface area contributed by atoms with Gasteiger partial charge in [-0.05, 0) is 38.5 Å². The van der Waals surface area contributed by atoms with Crippen molar-refractivity contribution >= 4 is 0 Å². The van der Waals surface area contributed by atoms with E-state index in [-0.39, 0.29) is 0 Å². The van der Waals surface area contributed by atoms with Crippen molar-refractivity contribution in [1.82, 2.24) is 0 Å². The fourth-order valence-corrected chi connectivity index (χ4v) is 3.52. The van der Waals surface area contributed by atoms with Gasteiger partial charge in [0.05, 0.1) is 19.0 Å². The molecule has 0 aromatic heterocycles. The molecule has 0 aliphatic heterocycles. The maximum absolute atomic E-state index is 2.70. The molecule has 1 atom stereocenters. The molecule has 0 spiro atoms. The van der Waals surface area contributed by atoms with Crippen LogP contribution in [-0.2, 0) is 0 Å². The third-order valence-electron chi connectivity index (χ3n) is 4.47. The van der Waals surface area contributed by atoms with E-state index in [1.807, 2.05) is 0 Å². The summed E-state index contributed by atoms with van der Waals surface area (Å²) in [6.07, 6.45) is 14.1. The largest absolute Gasteiger partial charge is 0.300 e. The highest BCUT2D eigenvalue weighted by Gasteiger charge is 2.31. The second-order valence-electron chi connectivity index (χ2n) is 5.55. The van der Waals surface area contributed by atoms with Gasteiger partial charge >= 0.3 is 0 Å². The Labute approximate surface area is 94.2 Å². The van der Waals surface area contributed by atoms with Gasteiger partial charge in [-0.2, -0.15) is 0 Å². The predicted molar refractivity (Wildman–Crippen MR) is 62.4 cm³/mol. The van der Waals surface area contributed by atoms with Crippen molar-refractivity contribution in [3.8, 4) is 0 Å². The summed E-state index contributed by atoms with van der Waals surface area (Å²) >= 11 is 0. The van der Waals surface area contributed by atoms with Gasteiger partial charge in [-0.15, -0.1) is 0 Å². The lowest BCUT2D eigenvalue weighted by molar-refractivity contribution is -0.913. The average molecular weight is 212 g/mol. The molecule has 0 unspecified atom stereocenters. The van der Waals surface area contributed by atoms with Crippen molar-refractivity contribution in [3.63, 3.8) is 0 Å². The molecule has 2 aliphatic rings. The maximum atomic E-state index is 2.70. The van der Waals surface area contributed by atoms with Crippen LogP contribution in [0.2, 0.25) is 0 Å². The Morgan fingerprint density at radius 3 is 2.07 bits per heavy atom. The van der Waals surface area contributed by atoms with E-state index in [0.717, 1.165) is 18.1 Å². The predicted octanol–water partition coefficient (Wildman–Crippen LogP) is 0.592. The summed E-state index contributed by atoms with van der Waals surface area (Å²) in [4.78, 5) is 0. The first-order chi connectivity index (χ1) is 7.40. The van der Waals surface area contributed by atoms with Gasteiger partial charge < -0.3 is 0 Å². The first kappa shape index (κ1) is 11.4. The van der Waals surface area contributed by atoms with Gasteiger partial charge in [0.15, 0.2) is 0 Å². The molecular weight excluding hydrogens is 184 g/mol. The highest BCUT2D eigenvalue weighted by molar-refractivity contribution is 4.68. The third kappa shape index (κ3) is 3.18. The van der Waals surface area contributed by atoms with Crippen LogP contribution in [0.4, 0.5) is 0 Å². The molecule has 4 N–H and O–H groups in total. The van der Waals surface area contributed by atoms with E-state index in [2.05, 4.69) is 17.7 Å². The second kappa shape index (κ2) is 5.86. The highest BCUT2D eigenvalue weighted by Crippen LogP contribution is 2.24. The van der Waals surface area contributed by atoms with Crippen molar-refractivity contribution in [1.29, 1.82) is 0 Å². The molecule has 2 nitrogen and oxygen atoms in total. The highest BCUT2D eigenvalue weighted by atomic mass is 15.1. The molecule has 0 aromatic rings. The topological polar surface area (TPSA) is 33.2 Å². The van der Waals surface area contributed by atoms with Crippen LogP contribution in [0.3, 0.4) is 0 Å². The normalized spacial score (nSPS) is 27.0. The lowest BCUT2D eigenvalue weighted by Gasteiger charge is -2.27.